The van der Waals surface area contributed by atoms with Gasteiger partial charge in [0.25, 0.3) is 0 Å². The summed E-state index contributed by atoms with van der Waals surface area (Å²) in [6.45, 7) is 3.81. The summed E-state index contributed by atoms with van der Waals surface area (Å²) in [6.07, 6.45) is 1.06. The zero-order valence-corrected chi connectivity index (χ0v) is 12.1. The first kappa shape index (κ1) is 13.8. The predicted octanol–water partition coefficient (Wildman–Crippen LogP) is 2.07. The van der Waals surface area contributed by atoms with Gasteiger partial charge in [-0.2, -0.15) is 0 Å². The minimum atomic E-state index is -0.978. The number of fused-ring (bicyclic) bond motifs is 1. The average molecular weight is 285 g/mol. The monoisotopic (exact) mass is 285 g/mol. The second-order valence-corrected chi connectivity index (χ2v) is 5.50. The van der Waals surface area contributed by atoms with E-state index in [0.717, 1.165) is 49.2 Å². The van der Waals surface area contributed by atoms with Crippen LogP contribution < -0.4 is 4.90 Å². The summed E-state index contributed by atoms with van der Waals surface area (Å²) in [4.78, 5) is 20.2. The molecule has 5 nitrogen and oxygen atoms in total. The number of rotatable bonds is 2. The maximum Gasteiger partial charge on any atom is 0.354 e. The van der Waals surface area contributed by atoms with Gasteiger partial charge in [0, 0.05) is 25.0 Å². The molecular weight excluding hydrogens is 266 g/mol. The van der Waals surface area contributed by atoms with E-state index in [9.17, 15) is 9.90 Å². The summed E-state index contributed by atoms with van der Waals surface area (Å²) in [6, 6.07) is 9.49. The summed E-state index contributed by atoms with van der Waals surface area (Å²) in [5, 5.41) is 11.2. The van der Waals surface area contributed by atoms with Crippen molar-refractivity contribution in [1.29, 1.82) is 0 Å². The fourth-order valence-electron chi connectivity index (χ4n) is 2.79. The van der Waals surface area contributed by atoms with Gasteiger partial charge in [0.2, 0.25) is 0 Å². The molecule has 2 aromatic rings. The molecule has 0 radical (unpaired) electrons. The van der Waals surface area contributed by atoms with Crippen LogP contribution in [0.25, 0.3) is 10.8 Å². The molecule has 1 aromatic heterocycles. The van der Waals surface area contributed by atoms with E-state index < -0.39 is 5.97 Å². The molecule has 0 unspecified atom stereocenters. The fourth-order valence-corrected chi connectivity index (χ4v) is 2.79. The lowest BCUT2D eigenvalue weighted by Crippen LogP contribution is -2.30. The zero-order valence-electron chi connectivity index (χ0n) is 12.1. The molecule has 1 aromatic carbocycles. The van der Waals surface area contributed by atoms with Gasteiger partial charge in [-0.15, -0.1) is 0 Å². The van der Waals surface area contributed by atoms with Crippen molar-refractivity contribution >= 4 is 22.6 Å². The number of likely N-dealkylation sites (N-methyl/N-ethyl adjacent to an activating group) is 1. The van der Waals surface area contributed by atoms with Crippen molar-refractivity contribution in [2.75, 3.05) is 38.1 Å². The predicted molar refractivity (Wildman–Crippen MR) is 83.0 cm³/mol. The number of aromatic nitrogens is 1. The first-order chi connectivity index (χ1) is 10.1. The Balaban J connectivity index is 2.09. The van der Waals surface area contributed by atoms with Crippen molar-refractivity contribution in [3.63, 3.8) is 0 Å². The van der Waals surface area contributed by atoms with Crippen molar-refractivity contribution in [3.05, 3.63) is 36.0 Å². The number of aromatic carboxylic acids is 1. The maximum absolute atomic E-state index is 11.3. The van der Waals surface area contributed by atoms with Gasteiger partial charge in [0.1, 0.15) is 5.82 Å². The molecule has 110 valence electrons. The molecule has 5 heteroatoms. The number of pyridine rings is 1. The molecule has 0 atom stereocenters. The lowest BCUT2D eigenvalue weighted by Gasteiger charge is -2.23. The van der Waals surface area contributed by atoms with Gasteiger partial charge in [0.05, 0.1) is 0 Å². The number of hydrogen-bond acceptors (Lipinski definition) is 4. The van der Waals surface area contributed by atoms with Gasteiger partial charge < -0.3 is 14.9 Å². The summed E-state index contributed by atoms with van der Waals surface area (Å²) in [5.41, 5.74) is 0.112. The Labute approximate surface area is 123 Å². The lowest BCUT2D eigenvalue weighted by atomic mass is 10.1. The smallest absolute Gasteiger partial charge is 0.354 e. The SMILES string of the molecule is CN1CCCN(c2nc(C(=O)O)cc3ccccc23)CC1. The topological polar surface area (TPSA) is 56.7 Å². The van der Waals surface area contributed by atoms with Gasteiger partial charge in [-0.25, -0.2) is 9.78 Å². The molecule has 0 spiro atoms. The minimum absolute atomic E-state index is 0.112. The van der Waals surface area contributed by atoms with Crippen molar-refractivity contribution in [2.24, 2.45) is 0 Å². The van der Waals surface area contributed by atoms with E-state index in [0.29, 0.717) is 0 Å². The van der Waals surface area contributed by atoms with E-state index in [1.54, 1.807) is 6.07 Å². The molecule has 0 amide bonds. The molecule has 1 fully saturated rings. The third-order valence-electron chi connectivity index (χ3n) is 3.96. The largest absolute Gasteiger partial charge is 0.477 e. The van der Waals surface area contributed by atoms with Gasteiger partial charge in [-0.3, -0.25) is 0 Å². The fraction of sp³-hybridized carbons (Fsp3) is 0.375. The number of nitrogens with zero attached hydrogens (tertiary/aromatic N) is 3. The highest BCUT2D eigenvalue weighted by Gasteiger charge is 2.18. The molecule has 1 N–H and O–H groups in total. The highest BCUT2D eigenvalue weighted by Crippen LogP contribution is 2.26. The molecule has 1 aliphatic rings. The molecule has 0 saturated carbocycles. The normalized spacial score (nSPS) is 16.9. The molecule has 1 aliphatic heterocycles. The van der Waals surface area contributed by atoms with Crippen LogP contribution in [-0.4, -0.2) is 54.2 Å². The molecule has 3 rings (SSSR count). The highest BCUT2D eigenvalue weighted by molar-refractivity contribution is 5.98. The van der Waals surface area contributed by atoms with Crippen LogP contribution in [0.2, 0.25) is 0 Å². The van der Waals surface area contributed by atoms with Crippen molar-refractivity contribution in [3.8, 4) is 0 Å². The van der Waals surface area contributed by atoms with Crippen LogP contribution in [0.5, 0.6) is 0 Å². The Morgan fingerprint density at radius 3 is 2.81 bits per heavy atom. The van der Waals surface area contributed by atoms with E-state index in [1.807, 2.05) is 24.3 Å². The van der Waals surface area contributed by atoms with E-state index in [4.69, 9.17) is 0 Å². The number of anilines is 1. The van der Waals surface area contributed by atoms with Crippen molar-refractivity contribution in [2.45, 2.75) is 6.42 Å². The molecule has 2 heterocycles. The first-order valence-electron chi connectivity index (χ1n) is 7.22. The Kier molecular flexibility index (Phi) is 3.75. The van der Waals surface area contributed by atoms with E-state index in [-0.39, 0.29) is 5.69 Å². The first-order valence-corrected chi connectivity index (χ1v) is 7.22. The summed E-state index contributed by atoms with van der Waals surface area (Å²) in [7, 11) is 2.11. The molecule has 1 saturated heterocycles. The Hall–Kier alpha value is -2.14. The zero-order chi connectivity index (χ0) is 14.8. The number of carboxylic acid groups (broad SMARTS) is 1. The minimum Gasteiger partial charge on any atom is -0.477 e. The second-order valence-electron chi connectivity index (χ2n) is 5.50. The molecule has 0 bridgehead atoms. The van der Waals surface area contributed by atoms with Gasteiger partial charge in [-0.1, -0.05) is 24.3 Å². The highest BCUT2D eigenvalue weighted by atomic mass is 16.4. The standard InChI is InChI=1S/C16H19N3O2/c1-18-7-4-8-19(10-9-18)15-13-6-3-2-5-12(13)11-14(17-15)16(20)21/h2-3,5-6,11H,4,7-10H2,1H3,(H,20,21). The average Bonchev–Trinajstić information content (AvgIpc) is 2.70. The van der Waals surface area contributed by atoms with E-state index in [1.165, 1.54) is 0 Å². The lowest BCUT2D eigenvalue weighted by molar-refractivity contribution is 0.0691. The Morgan fingerprint density at radius 1 is 1.19 bits per heavy atom. The number of hydrogen-bond donors (Lipinski definition) is 1. The molecule has 21 heavy (non-hydrogen) atoms. The van der Waals surface area contributed by atoms with Gasteiger partial charge in [0.15, 0.2) is 5.69 Å². The third kappa shape index (κ3) is 2.83. The van der Waals surface area contributed by atoms with Crippen molar-refractivity contribution in [1.82, 2.24) is 9.88 Å². The van der Waals surface area contributed by atoms with Crippen LogP contribution >= 0.6 is 0 Å². The van der Waals surface area contributed by atoms with E-state index >= 15 is 0 Å². The van der Waals surface area contributed by atoms with Crippen molar-refractivity contribution < 1.29 is 9.90 Å². The summed E-state index contributed by atoms with van der Waals surface area (Å²) < 4.78 is 0. The number of carbonyl (C=O) groups is 1. The van der Waals surface area contributed by atoms with Crippen LogP contribution in [0.15, 0.2) is 30.3 Å². The molecule has 0 aliphatic carbocycles. The summed E-state index contributed by atoms with van der Waals surface area (Å²) >= 11 is 0. The number of carboxylic acids is 1. The van der Waals surface area contributed by atoms with Gasteiger partial charge >= 0.3 is 5.97 Å². The van der Waals surface area contributed by atoms with Crippen LogP contribution in [0.3, 0.4) is 0 Å². The van der Waals surface area contributed by atoms with Crippen LogP contribution in [0.1, 0.15) is 16.9 Å². The number of benzene rings is 1. The Morgan fingerprint density at radius 2 is 2.00 bits per heavy atom. The van der Waals surface area contributed by atoms with E-state index in [2.05, 4.69) is 21.8 Å². The second kappa shape index (κ2) is 5.69. The van der Waals surface area contributed by atoms with Crippen LogP contribution in [0, 0.1) is 0 Å². The third-order valence-corrected chi connectivity index (χ3v) is 3.96. The van der Waals surface area contributed by atoms with Gasteiger partial charge in [-0.05, 0) is 31.5 Å². The quantitative estimate of drug-likeness (QED) is 0.915. The Bertz CT molecular complexity index is 672. The van der Waals surface area contributed by atoms with Crippen LogP contribution in [0.4, 0.5) is 5.82 Å². The maximum atomic E-state index is 11.3. The molecular formula is C16H19N3O2. The summed E-state index contributed by atoms with van der Waals surface area (Å²) in [5.74, 6) is -0.185. The van der Waals surface area contributed by atoms with Crippen LogP contribution in [-0.2, 0) is 0 Å².